The first-order chi connectivity index (χ1) is 15.0. The van der Waals surface area contributed by atoms with E-state index in [1.54, 1.807) is 24.3 Å². The van der Waals surface area contributed by atoms with Gasteiger partial charge < -0.3 is 19.7 Å². The van der Waals surface area contributed by atoms with E-state index in [9.17, 15) is 14.4 Å². The fourth-order valence-electron chi connectivity index (χ4n) is 4.20. The number of ether oxygens (including phenoxy) is 2. The predicted molar refractivity (Wildman–Crippen MR) is 117 cm³/mol. The van der Waals surface area contributed by atoms with Gasteiger partial charge in [0.05, 0.1) is 20.3 Å². The molecular weight excluding hydrogens is 398 g/mol. The van der Waals surface area contributed by atoms with Crippen LogP contribution in [-0.2, 0) is 19.1 Å². The molecule has 2 aliphatic rings. The summed E-state index contributed by atoms with van der Waals surface area (Å²) in [5.74, 6) is -1.36. The highest BCUT2D eigenvalue weighted by atomic mass is 16.5. The Kier molecular flexibility index (Phi) is 8.06. The van der Waals surface area contributed by atoms with Crippen molar-refractivity contribution in [2.75, 3.05) is 45.7 Å². The highest BCUT2D eigenvalue weighted by Gasteiger charge is 2.27. The molecule has 0 aromatic heterocycles. The zero-order valence-corrected chi connectivity index (χ0v) is 18.3. The van der Waals surface area contributed by atoms with Gasteiger partial charge in [-0.2, -0.15) is 0 Å². The molecule has 8 heteroatoms. The van der Waals surface area contributed by atoms with Gasteiger partial charge in [0.2, 0.25) is 0 Å². The quantitative estimate of drug-likeness (QED) is 0.549. The van der Waals surface area contributed by atoms with Gasteiger partial charge in [0, 0.05) is 43.5 Å². The Morgan fingerprint density at radius 3 is 2.16 bits per heavy atom. The second-order valence-corrected chi connectivity index (χ2v) is 7.90. The molecule has 1 aliphatic carbocycles. The minimum absolute atomic E-state index is 0.00754. The lowest BCUT2D eigenvalue weighted by molar-refractivity contribution is -0.138. The standard InChI is InChI=1S/C23H31N3O5/c1-30-21(27)16-20(23(29)31-2)24-18-10-8-17(9-11-18)22(28)26-14-12-25(13-15-26)19-6-4-3-5-7-19/h8-11,16,19,24H,3-7,12-15H2,1-2H3/b20-16+. The van der Waals surface area contributed by atoms with Crippen LogP contribution in [0.1, 0.15) is 42.5 Å². The van der Waals surface area contributed by atoms with Crippen LogP contribution >= 0.6 is 0 Å². The van der Waals surface area contributed by atoms with E-state index >= 15 is 0 Å². The molecule has 0 unspecified atom stereocenters. The van der Waals surface area contributed by atoms with E-state index in [0.29, 0.717) is 17.3 Å². The summed E-state index contributed by atoms with van der Waals surface area (Å²) in [5.41, 5.74) is 1.10. The molecule has 1 aliphatic heterocycles. The van der Waals surface area contributed by atoms with E-state index in [2.05, 4.69) is 19.7 Å². The van der Waals surface area contributed by atoms with Crippen molar-refractivity contribution in [2.45, 2.75) is 38.1 Å². The molecule has 0 atom stereocenters. The summed E-state index contributed by atoms with van der Waals surface area (Å²) in [6.07, 6.45) is 7.56. The summed E-state index contributed by atoms with van der Waals surface area (Å²) in [6, 6.07) is 7.49. The Bertz CT molecular complexity index is 807. The average molecular weight is 430 g/mol. The molecule has 2 fully saturated rings. The van der Waals surface area contributed by atoms with E-state index in [-0.39, 0.29) is 11.6 Å². The van der Waals surface area contributed by atoms with Crippen molar-refractivity contribution in [1.29, 1.82) is 0 Å². The van der Waals surface area contributed by atoms with Crippen LogP contribution in [0.5, 0.6) is 0 Å². The zero-order chi connectivity index (χ0) is 22.2. The van der Waals surface area contributed by atoms with E-state index < -0.39 is 11.9 Å². The summed E-state index contributed by atoms with van der Waals surface area (Å²) in [4.78, 5) is 40.7. The summed E-state index contributed by atoms with van der Waals surface area (Å²) in [6.45, 7) is 3.33. The molecular formula is C23H31N3O5. The number of piperazine rings is 1. The molecule has 1 heterocycles. The maximum Gasteiger partial charge on any atom is 0.354 e. The number of nitrogens with zero attached hydrogens (tertiary/aromatic N) is 2. The number of carbonyl (C=O) groups excluding carboxylic acids is 3. The molecule has 1 saturated heterocycles. The Balaban J connectivity index is 1.58. The molecule has 1 aromatic rings. The Morgan fingerprint density at radius 2 is 1.58 bits per heavy atom. The second-order valence-electron chi connectivity index (χ2n) is 7.90. The van der Waals surface area contributed by atoms with Crippen molar-refractivity contribution in [3.05, 3.63) is 41.6 Å². The fraction of sp³-hybridized carbons (Fsp3) is 0.522. The molecule has 1 saturated carbocycles. The van der Waals surface area contributed by atoms with Gasteiger partial charge >= 0.3 is 11.9 Å². The molecule has 1 amide bonds. The van der Waals surface area contributed by atoms with Crippen LogP contribution in [0.4, 0.5) is 5.69 Å². The first kappa shape index (κ1) is 22.8. The van der Waals surface area contributed by atoms with Gasteiger partial charge in [-0.15, -0.1) is 0 Å². The smallest absolute Gasteiger partial charge is 0.354 e. The van der Waals surface area contributed by atoms with Gasteiger partial charge in [0.25, 0.3) is 5.91 Å². The van der Waals surface area contributed by atoms with Crippen LogP contribution in [0.3, 0.4) is 0 Å². The number of anilines is 1. The van der Waals surface area contributed by atoms with Gasteiger partial charge in [-0.1, -0.05) is 19.3 Å². The lowest BCUT2D eigenvalue weighted by Crippen LogP contribution is -2.52. The number of carbonyl (C=O) groups is 3. The lowest BCUT2D eigenvalue weighted by atomic mass is 9.94. The lowest BCUT2D eigenvalue weighted by Gasteiger charge is -2.40. The van der Waals surface area contributed by atoms with E-state index in [1.165, 1.54) is 46.3 Å². The van der Waals surface area contributed by atoms with Gasteiger partial charge in [-0.3, -0.25) is 9.69 Å². The van der Waals surface area contributed by atoms with Gasteiger partial charge in [-0.25, -0.2) is 9.59 Å². The predicted octanol–water partition coefficient (Wildman–Crippen LogP) is 2.42. The number of benzene rings is 1. The number of methoxy groups -OCH3 is 2. The molecule has 31 heavy (non-hydrogen) atoms. The SMILES string of the molecule is COC(=O)/C=C(/Nc1ccc(C(=O)N2CCN(C3CCCCC3)CC2)cc1)C(=O)OC. The van der Waals surface area contributed by atoms with Crippen molar-refractivity contribution in [2.24, 2.45) is 0 Å². The molecule has 3 rings (SSSR count). The summed E-state index contributed by atoms with van der Waals surface area (Å²) < 4.78 is 9.24. The minimum atomic E-state index is -0.693. The zero-order valence-electron chi connectivity index (χ0n) is 18.3. The Hall–Kier alpha value is -2.87. The summed E-state index contributed by atoms with van der Waals surface area (Å²) in [5, 5.41) is 2.84. The van der Waals surface area contributed by atoms with E-state index in [4.69, 9.17) is 0 Å². The number of rotatable bonds is 6. The molecule has 1 aromatic carbocycles. The third kappa shape index (κ3) is 6.07. The topological polar surface area (TPSA) is 88.2 Å². The van der Waals surface area contributed by atoms with Crippen molar-refractivity contribution in [3.63, 3.8) is 0 Å². The largest absolute Gasteiger partial charge is 0.466 e. The molecule has 8 nitrogen and oxygen atoms in total. The average Bonchev–Trinajstić information content (AvgIpc) is 2.83. The molecule has 0 radical (unpaired) electrons. The third-order valence-corrected chi connectivity index (χ3v) is 5.97. The normalized spacial score (nSPS) is 18.4. The monoisotopic (exact) mass is 429 g/mol. The Morgan fingerprint density at radius 1 is 0.935 bits per heavy atom. The van der Waals surface area contributed by atoms with Crippen LogP contribution in [0, 0.1) is 0 Å². The maximum absolute atomic E-state index is 12.9. The van der Waals surface area contributed by atoms with Crippen molar-refractivity contribution in [3.8, 4) is 0 Å². The highest BCUT2D eigenvalue weighted by molar-refractivity contribution is 5.99. The number of amides is 1. The number of hydrogen-bond acceptors (Lipinski definition) is 7. The molecule has 0 spiro atoms. The van der Waals surface area contributed by atoms with Gasteiger partial charge in [0.1, 0.15) is 5.70 Å². The number of hydrogen-bond donors (Lipinski definition) is 1. The first-order valence-corrected chi connectivity index (χ1v) is 10.8. The minimum Gasteiger partial charge on any atom is -0.466 e. The molecule has 168 valence electrons. The number of nitrogens with one attached hydrogen (secondary N) is 1. The van der Waals surface area contributed by atoms with E-state index in [1.807, 2.05) is 4.90 Å². The fourth-order valence-corrected chi connectivity index (χ4v) is 4.20. The van der Waals surface area contributed by atoms with Crippen molar-refractivity contribution >= 4 is 23.5 Å². The van der Waals surface area contributed by atoms with Crippen LogP contribution < -0.4 is 5.32 Å². The highest BCUT2D eigenvalue weighted by Crippen LogP contribution is 2.24. The van der Waals surface area contributed by atoms with Gasteiger partial charge in [0.15, 0.2) is 0 Å². The third-order valence-electron chi connectivity index (χ3n) is 5.97. The van der Waals surface area contributed by atoms with Crippen molar-refractivity contribution in [1.82, 2.24) is 9.80 Å². The first-order valence-electron chi connectivity index (χ1n) is 10.8. The van der Waals surface area contributed by atoms with Crippen LogP contribution in [0.2, 0.25) is 0 Å². The van der Waals surface area contributed by atoms with Crippen LogP contribution in [0.25, 0.3) is 0 Å². The molecule has 0 bridgehead atoms. The van der Waals surface area contributed by atoms with Crippen LogP contribution in [-0.4, -0.2) is 74.1 Å². The van der Waals surface area contributed by atoms with Crippen LogP contribution in [0.15, 0.2) is 36.0 Å². The van der Waals surface area contributed by atoms with Gasteiger partial charge in [-0.05, 0) is 37.1 Å². The second kappa shape index (κ2) is 10.9. The summed E-state index contributed by atoms with van der Waals surface area (Å²) in [7, 11) is 2.45. The maximum atomic E-state index is 12.9. The summed E-state index contributed by atoms with van der Waals surface area (Å²) >= 11 is 0. The number of esters is 2. The van der Waals surface area contributed by atoms with Crippen molar-refractivity contribution < 1.29 is 23.9 Å². The molecule has 1 N–H and O–H groups in total. The van der Waals surface area contributed by atoms with E-state index in [0.717, 1.165) is 32.3 Å². The Labute approximate surface area is 183 Å².